The summed E-state index contributed by atoms with van der Waals surface area (Å²) >= 11 is 3.27. The van der Waals surface area contributed by atoms with Gasteiger partial charge in [-0.2, -0.15) is 5.10 Å². The number of nitro groups is 1. The molecule has 0 aliphatic heterocycles. The van der Waals surface area contributed by atoms with Crippen molar-refractivity contribution in [1.29, 1.82) is 0 Å². The molecule has 0 heterocycles. The molecule has 10 nitrogen and oxygen atoms in total. The van der Waals surface area contributed by atoms with E-state index in [0.717, 1.165) is 16.3 Å². The van der Waals surface area contributed by atoms with Gasteiger partial charge in [0.2, 0.25) is 5.75 Å². The third kappa shape index (κ3) is 7.03. The molecule has 0 spiro atoms. The first-order chi connectivity index (χ1) is 19.2. The van der Waals surface area contributed by atoms with Crippen LogP contribution in [0.5, 0.6) is 5.75 Å². The van der Waals surface area contributed by atoms with Crippen LogP contribution in [-0.4, -0.2) is 28.9 Å². The number of benzene rings is 4. The first kappa shape index (κ1) is 27.9. The lowest BCUT2D eigenvalue weighted by Crippen LogP contribution is -2.18. The van der Waals surface area contributed by atoms with Crippen molar-refractivity contribution in [2.45, 2.75) is 6.92 Å². The van der Waals surface area contributed by atoms with Crippen LogP contribution in [0.25, 0.3) is 0 Å². The van der Waals surface area contributed by atoms with Crippen LogP contribution < -0.4 is 15.5 Å². The third-order valence-corrected chi connectivity index (χ3v) is 6.11. The highest BCUT2D eigenvalue weighted by molar-refractivity contribution is 9.10. The second kappa shape index (κ2) is 12.6. The van der Waals surface area contributed by atoms with Crippen molar-refractivity contribution in [2.24, 2.45) is 5.10 Å². The second-order valence-corrected chi connectivity index (χ2v) is 9.36. The highest BCUT2D eigenvalue weighted by Crippen LogP contribution is 2.31. The molecule has 11 heteroatoms. The molecule has 0 aromatic heterocycles. The predicted octanol–water partition coefficient (Wildman–Crippen LogP) is 5.90. The van der Waals surface area contributed by atoms with E-state index in [2.05, 4.69) is 31.8 Å². The number of carbonyl (C=O) groups is 3. The molecule has 0 saturated carbocycles. The van der Waals surface area contributed by atoms with Gasteiger partial charge in [-0.25, -0.2) is 10.2 Å². The summed E-state index contributed by atoms with van der Waals surface area (Å²) in [6, 6.07) is 23.6. The standard InChI is InChI=1S/C29H21BrN4O6/c1-18-5-7-19(8-6-18)27(35)32-24-15-11-20(12-16-24)28(36)33-31-17-22-3-2-4-25(34(38)39)26(22)40-29(37)21-9-13-23(30)14-10-21/h2-17H,1H3,(H,32,35)(H,33,36)/b31-17+. The Morgan fingerprint density at radius 3 is 2.10 bits per heavy atom. The molecule has 0 aliphatic carbocycles. The zero-order valence-corrected chi connectivity index (χ0v) is 22.5. The fourth-order valence-electron chi connectivity index (χ4n) is 3.47. The number of hydrogen-bond acceptors (Lipinski definition) is 7. The molecule has 40 heavy (non-hydrogen) atoms. The van der Waals surface area contributed by atoms with E-state index in [1.807, 2.05) is 19.1 Å². The molecule has 0 saturated heterocycles. The highest BCUT2D eigenvalue weighted by Gasteiger charge is 2.22. The van der Waals surface area contributed by atoms with Gasteiger partial charge >= 0.3 is 11.7 Å². The van der Waals surface area contributed by atoms with Gasteiger partial charge in [0.15, 0.2) is 0 Å². The number of anilines is 1. The minimum Gasteiger partial charge on any atom is -0.415 e. The van der Waals surface area contributed by atoms with Crippen LogP contribution in [0.1, 0.15) is 42.2 Å². The van der Waals surface area contributed by atoms with E-state index in [1.54, 1.807) is 36.4 Å². The Hall–Kier alpha value is -5.16. The molecule has 200 valence electrons. The fourth-order valence-corrected chi connectivity index (χ4v) is 3.74. The number of aryl methyl sites for hydroxylation is 1. The van der Waals surface area contributed by atoms with Crippen molar-refractivity contribution in [1.82, 2.24) is 5.43 Å². The van der Waals surface area contributed by atoms with Crippen LogP contribution in [0, 0.1) is 17.0 Å². The number of nitro benzene ring substituents is 1. The summed E-state index contributed by atoms with van der Waals surface area (Å²) in [4.78, 5) is 48.4. The summed E-state index contributed by atoms with van der Waals surface area (Å²) in [5, 5.41) is 18.2. The quantitative estimate of drug-likeness (QED) is 0.0848. The Kier molecular flexibility index (Phi) is 8.77. The van der Waals surface area contributed by atoms with Crippen molar-refractivity contribution < 1.29 is 24.0 Å². The smallest absolute Gasteiger partial charge is 0.343 e. The molecule has 0 atom stereocenters. The number of hydrazone groups is 1. The number of nitrogens with zero attached hydrogens (tertiary/aromatic N) is 2. The van der Waals surface area contributed by atoms with E-state index in [9.17, 15) is 24.5 Å². The van der Waals surface area contributed by atoms with E-state index in [-0.39, 0.29) is 28.3 Å². The zero-order valence-electron chi connectivity index (χ0n) is 21.0. The van der Waals surface area contributed by atoms with E-state index in [0.29, 0.717) is 11.3 Å². The van der Waals surface area contributed by atoms with Gasteiger partial charge in [-0.05, 0) is 73.7 Å². The second-order valence-electron chi connectivity index (χ2n) is 8.45. The average molecular weight is 601 g/mol. The van der Waals surface area contributed by atoms with Crippen LogP contribution in [0.3, 0.4) is 0 Å². The molecule has 0 unspecified atom stereocenters. The van der Waals surface area contributed by atoms with Gasteiger partial charge in [-0.3, -0.25) is 19.7 Å². The van der Waals surface area contributed by atoms with E-state index in [1.165, 1.54) is 42.5 Å². The summed E-state index contributed by atoms with van der Waals surface area (Å²) in [5.74, 6) is -1.95. The molecule has 2 N–H and O–H groups in total. The van der Waals surface area contributed by atoms with E-state index < -0.39 is 22.5 Å². The largest absolute Gasteiger partial charge is 0.415 e. The number of rotatable bonds is 8. The number of ether oxygens (including phenoxy) is 1. The monoisotopic (exact) mass is 600 g/mol. The Labute approximate surface area is 237 Å². The van der Waals surface area contributed by atoms with Gasteiger partial charge in [0, 0.05) is 32.9 Å². The summed E-state index contributed by atoms with van der Waals surface area (Å²) in [6.45, 7) is 1.93. The number of hydrogen-bond donors (Lipinski definition) is 2. The van der Waals surface area contributed by atoms with Crippen molar-refractivity contribution >= 4 is 51.3 Å². The molecule has 4 aromatic rings. The summed E-state index contributed by atoms with van der Waals surface area (Å²) in [5.41, 5.74) is 4.49. The van der Waals surface area contributed by atoms with Crippen LogP contribution in [0.4, 0.5) is 11.4 Å². The highest BCUT2D eigenvalue weighted by atomic mass is 79.9. The lowest BCUT2D eigenvalue weighted by atomic mass is 10.1. The minimum atomic E-state index is -0.796. The van der Waals surface area contributed by atoms with Crippen molar-refractivity contribution in [3.63, 3.8) is 0 Å². The maximum absolute atomic E-state index is 12.6. The fraction of sp³-hybridized carbons (Fsp3) is 0.0345. The first-order valence-corrected chi connectivity index (χ1v) is 12.6. The summed E-state index contributed by atoms with van der Waals surface area (Å²) < 4.78 is 6.10. The average Bonchev–Trinajstić information content (AvgIpc) is 2.94. The maximum Gasteiger partial charge on any atom is 0.343 e. The molecule has 2 amide bonds. The van der Waals surface area contributed by atoms with Crippen molar-refractivity contribution in [3.8, 4) is 5.75 Å². The SMILES string of the molecule is Cc1ccc(C(=O)Nc2ccc(C(=O)N/N=C/c3cccc([N+](=O)[O-])c3OC(=O)c3ccc(Br)cc3)cc2)cc1. The normalized spacial score (nSPS) is 10.7. The Morgan fingerprint density at radius 2 is 1.45 bits per heavy atom. The number of para-hydroxylation sites is 1. The van der Waals surface area contributed by atoms with Gasteiger partial charge in [0.1, 0.15) is 0 Å². The Morgan fingerprint density at radius 1 is 0.850 bits per heavy atom. The topological polar surface area (TPSA) is 140 Å². The van der Waals surface area contributed by atoms with Crippen molar-refractivity contribution in [3.05, 3.63) is 133 Å². The summed E-state index contributed by atoms with van der Waals surface area (Å²) in [6.07, 6.45) is 1.14. The minimum absolute atomic E-state index is 0.106. The third-order valence-electron chi connectivity index (χ3n) is 5.58. The van der Waals surface area contributed by atoms with Gasteiger partial charge < -0.3 is 10.1 Å². The lowest BCUT2D eigenvalue weighted by molar-refractivity contribution is -0.385. The molecule has 4 aromatic carbocycles. The van der Waals surface area contributed by atoms with Crippen LogP contribution in [0.15, 0.2) is 101 Å². The van der Waals surface area contributed by atoms with Gasteiger partial charge in [-0.1, -0.05) is 39.7 Å². The number of halogens is 1. The van der Waals surface area contributed by atoms with Gasteiger partial charge in [0.25, 0.3) is 11.8 Å². The van der Waals surface area contributed by atoms with E-state index in [4.69, 9.17) is 4.74 Å². The van der Waals surface area contributed by atoms with Crippen LogP contribution in [0.2, 0.25) is 0 Å². The maximum atomic E-state index is 12.6. The molecule has 0 bridgehead atoms. The van der Waals surface area contributed by atoms with Gasteiger partial charge in [-0.15, -0.1) is 0 Å². The van der Waals surface area contributed by atoms with E-state index >= 15 is 0 Å². The number of esters is 1. The molecular weight excluding hydrogens is 580 g/mol. The van der Waals surface area contributed by atoms with Gasteiger partial charge in [0.05, 0.1) is 16.7 Å². The van der Waals surface area contributed by atoms with Crippen molar-refractivity contribution in [2.75, 3.05) is 5.32 Å². The Balaban J connectivity index is 1.43. The zero-order chi connectivity index (χ0) is 28.6. The predicted molar refractivity (Wildman–Crippen MR) is 153 cm³/mol. The lowest BCUT2D eigenvalue weighted by Gasteiger charge is -2.08. The Bertz CT molecular complexity index is 1600. The number of amides is 2. The molecule has 0 fully saturated rings. The first-order valence-electron chi connectivity index (χ1n) is 11.8. The number of carbonyl (C=O) groups excluding carboxylic acids is 3. The van der Waals surface area contributed by atoms with Crippen LogP contribution >= 0.6 is 15.9 Å². The molecular formula is C29H21BrN4O6. The molecule has 0 radical (unpaired) electrons. The van der Waals surface area contributed by atoms with Crippen LogP contribution in [-0.2, 0) is 0 Å². The molecule has 0 aliphatic rings. The molecule has 4 rings (SSSR count). The number of nitrogens with one attached hydrogen (secondary N) is 2. The summed E-state index contributed by atoms with van der Waals surface area (Å²) in [7, 11) is 0.